The van der Waals surface area contributed by atoms with Gasteiger partial charge in [-0.1, -0.05) is 0 Å². The molecule has 0 unspecified atom stereocenters. The third kappa shape index (κ3) is 2.66. The SMILES string of the molecule is CN(C(=O)c1cnn(C)c1)C1CCC(N)CC1. The molecule has 1 amide bonds. The Kier molecular flexibility index (Phi) is 3.47. The Morgan fingerprint density at radius 3 is 2.65 bits per heavy atom. The van der Waals surface area contributed by atoms with E-state index < -0.39 is 0 Å². The van der Waals surface area contributed by atoms with E-state index in [-0.39, 0.29) is 5.91 Å². The lowest BCUT2D eigenvalue weighted by molar-refractivity contribution is 0.0690. The molecule has 0 radical (unpaired) electrons. The monoisotopic (exact) mass is 236 g/mol. The van der Waals surface area contributed by atoms with Crippen LogP contribution in [-0.4, -0.2) is 39.7 Å². The van der Waals surface area contributed by atoms with Crippen molar-refractivity contribution in [1.29, 1.82) is 0 Å². The van der Waals surface area contributed by atoms with Crippen molar-refractivity contribution in [3.63, 3.8) is 0 Å². The first kappa shape index (κ1) is 12.1. The average molecular weight is 236 g/mol. The standard InChI is InChI=1S/C12H20N4O/c1-15-8-9(7-14-15)12(17)16(2)11-5-3-10(13)4-6-11/h7-8,10-11H,3-6,13H2,1-2H3. The van der Waals surface area contributed by atoms with Crippen LogP contribution in [0.1, 0.15) is 36.0 Å². The van der Waals surface area contributed by atoms with Gasteiger partial charge in [-0.15, -0.1) is 0 Å². The van der Waals surface area contributed by atoms with Crippen LogP contribution in [-0.2, 0) is 7.05 Å². The minimum Gasteiger partial charge on any atom is -0.339 e. The van der Waals surface area contributed by atoms with Crippen molar-refractivity contribution in [2.75, 3.05) is 7.05 Å². The Balaban J connectivity index is 2.00. The van der Waals surface area contributed by atoms with Crippen molar-refractivity contribution >= 4 is 5.91 Å². The summed E-state index contributed by atoms with van der Waals surface area (Å²) in [5.41, 5.74) is 6.53. The summed E-state index contributed by atoms with van der Waals surface area (Å²) in [6.07, 6.45) is 7.40. The average Bonchev–Trinajstić information content (AvgIpc) is 2.75. The lowest BCUT2D eigenvalue weighted by Crippen LogP contribution is -2.41. The second-order valence-corrected chi connectivity index (χ2v) is 4.89. The molecule has 1 aromatic rings. The molecule has 1 aromatic heterocycles. The predicted molar refractivity (Wildman–Crippen MR) is 65.5 cm³/mol. The molecule has 5 nitrogen and oxygen atoms in total. The number of nitrogens with zero attached hydrogens (tertiary/aromatic N) is 3. The topological polar surface area (TPSA) is 64.2 Å². The number of aryl methyl sites for hydroxylation is 1. The Labute approximate surface area is 102 Å². The summed E-state index contributed by atoms with van der Waals surface area (Å²) in [7, 11) is 3.69. The first-order valence-corrected chi connectivity index (χ1v) is 6.09. The molecule has 17 heavy (non-hydrogen) atoms. The van der Waals surface area contributed by atoms with Gasteiger partial charge in [0.25, 0.3) is 5.91 Å². The van der Waals surface area contributed by atoms with Crippen molar-refractivity contribution < 1.29 is 4.79 Å². The lowest BCUT2D eigenvalue weighted by Gasteiger charge is -2.33. The third-order valence-corrected chi connectivity index (χ3v) is 3.56. The Morgan fingerprint density at radius 2 is 2.12 bits per heavy atom. The minimum absolute atomic E-state index is 0.0542. The highest BCUT2D eigenvalue weighted by Crippen LogP contribution is 2.22. The first-order valence-electron chi connectivity index (χ1n) is 6.09. The number of carbonyl (C=O) groups is 1. The van der Waals surface area contributed by atoms with Crippen LogP contribution >= 0.6 is 0 Å². The quantitative estimate of drug-likeness (QED) is 0.824. The highest BCUT2D eigenvalue weighted by atomic mass is 16.2. The second kappa shape index (κ2) is 4.87. The van der Waals surface area contributed by atoms with Gasteiger partial charge in [-0.25, -0.2) is 0 Å². The molecule has 5 heteroatoms. The number of aromatic nitrogens is 2. The highest BCUT2D eigenvalue weighted by Gasteiger charge is 2.26. The Hall–Kier alpha value is -1.36. The molecule has 0 atom stereocenters. The van der Waals surface area contributed by atoms with E-state index in [2.05, 4.69) is 5.10 Å². The summed E-state index contributed by atoms with van der Waals surface area (Å²) in [5, 5.41) is 4.03. The van der Waals surface area contributed by atoms with E-state index in [1.54, 1.807) is 17.1 Å². The van der Waals surface area contributed by atoms with Crippen LogP contribution < -0.4 is 5.73 Å². The fourth-order valence-corrected chi connectivity index (χ4v) is 2.39. The Morgan fingerprint density at radius 1 is 1.47 bits per heavy atom. The third-order valence-electron chi connectivity index (χ3n) is 3.56. The smallest absolute Gasteiger partial charge is 0.257 e. The zero-order valence-corrected chi connectivity index (χ0v) is 10.5. The van der Waals surface area contributed by atoms with Crippen molar-refractivity contribution in [3.8, 4) is 0 Å². The van der Waals surface area contributed by atoms with E-state index in [1.807, 2.05) is 19.0 Å². The maximum atomic E-state index is 12.2. The molecule has 1 aliphatic carbocycles. The van der Waals surface area contributed by atoms with Gasteiger partial charge < -0.3 is 10.6 Å². The number of rotatable bonds is 2. The maximum absolute atomic E-state index is 12.2. The van der Waals surface area contributed by atoms with Gasteiger partial charge in [0.2, 0.25) is 0 Å². The van der Waals surface area contributed by atoms with E-state index in [4.69, 9.17) is 5.73 Å². The van der Waals surface area contributed by atoms with E-state index in [0.29, 0.717) is 17.6 Å². The zero-order valence-electron chi connectivity index (χ0n) is 10.5. The summed E-state index contributed by atoms with van der Waals surface area (Å²) in [5.74, 6) is 0.0542. The molecule has 0 saturated heterocycles. The van der Waals surface area contributed by atoms with E-state index in [0.717, 1.165) is 25.7 Å². The molecular weight excluding hydrogens is 216 g/mol. The van der Waals surface area contributed by atoms with Crippen molar-refractivity contribution in [1.82, 2.24) is 14.7 Å². The van der Waals surface area contributed by atoms with Crippen LogP contribution in [0.3, 0.4) is 0 Å². The molecule has 0 spiro atoms. The molecule has 2 rings (SSSR count). The number of carbonyl (C=O) groups excluding carboxylic acids is 1. The molecule has 1 saturated carbocycles. The van der Waals surface area contributed by atoms with Gasteiger partial charge in [0.05, 0.1) is 11.8 Å². The fourth-order valence-electron chi connectivity index (χ4n) is 2.39. The highest BCUT2D eigenvalue weighted by molar-refractivity contribution is 5.93. The van der Waals surface area contributed by atoms with Crippen LogP contribution in [0.2, 0.25) is 0 Å². The van der Waals surface area contributed by atoms with Gasteiger partial charge >= 0.3 is 0 Å². The van der Waals surface area contributed by atoms with Crippen LogP contribution in [0.5, 0.6) is 0 Å². The van der Waals surface area contributed by atoms with Crippen molar-refractivity contribution in [3.05, 3.63) is 18.0 Å². The minimum atomic E-state index is 0.0542. The van der Waals surface area contributed by atoms with Crippen LogP contribution in [0.15, 0.2) is 12.4 Å². The van der Waals surface area contributed by atoms with E-state index in [1.165, 1.54) is 0 Å². The molecule has 0 aromatic carbocycles. The van der Waals surface area contributed by atoms with Gasteiger partial charge in [0.1, 0.15) is 0 Å². The Bertz CT molecular complexity index is 393. The summed E-state index contributed by atoms with van der Waals surface area (Å²) >= 11 is 0. The fraction of sp³-hybridized carbons (Fsp3) is 0.667. The van der Waals surface area contributed by atoms with E-state index >= 15 is 0 Å². The lowest BCUT2D eigenvalue weighted by atomic mass is 9.91. The summed E-state index contributed by atoms with van der Waals surface area (Å²) < 4.78 is 1.65. The molecule has 0 bridgehead atoms. The van der Waals surface area contributed by atoms with E-state index in [9.17, 15) is 4.79 Å². The molecule has 1 heterocycles. The van der Waals surface area contributed by atoms with Gasteiger partial charge in [0, 0.05) is 32.4 Å². The van der Waals surface area contributed by atoms with Gasteiger partial charge in [-0.2, -0.15) is 5.10 Å². The van der Waals surface area contributed by atoms with Crippen molar-refractivity contribution in [2.24, 2.45) is 12.8 Å². The molecule has 1 fully saturated rings. The normalized spacial score (nSPS) is 24.6. The van der Waals surface area contributed by atoms with Crippen LogP contribution in [0, 0.1) is 0 Å². The number of amides is 1. The largest absolute Gasteiger partial charge is 0.339 e. The number of nitrogens with two attached hydrogens (primary N) is 1. The molecule has 2 N–H and O–H groups in total. The summed E-state index contributed by atoms with van der Waals surface area (Å²) in [4.78, 5) is 14.0. The van der Waals surface area contributed by atoms with Gasteiger partial charge in [0.15, 0.2) is 0 Å². The number of hydrogen-bond acceptors (Lipinski definition) is 3. The predicted octanol–water partition coefficient (Wildman–Crippen LogP) is 0.762. The maximum Gasteiger partial charge on any atom is 0.257 e. The second-order valence-electron chi connectivity index (χ2n) is 4.89. The van der Waals surface area contributed by atoms with Crippen LogP contribution in [0.25, 0.3) is 0 Å². The molecule has 0 aliphatic heterocycles. The van der Waals surface area contributed by atoms with Crippen LogP contribution in [0.4, 0.5) is 0 Å². The molecule has 1 aliphatic rings. The summed E-state index contributed by atoms with van der Waals surface area (Å²) in [6, 6.07) is 0.635. The van der Waals surface area contributed by atoms with Gasteiger partial charge in [-0.3, -0.25) is 9.48 Å². The first-order chi connectivity index (χ1) is 8.08. The number of hydrogen-bond donors (Lipinski definition) is 1. The van der Waals surface area contributed by atoms with Crippen molar-refractivity contribution in [2.45, 2.75) is 37.8 Å². The molecular formula is C12H20N4O. The summed E-state index contributed by atoms with van der Waals surface area (Å²) in [6.45, 7) is 0. The zero-order chi connectivity index (χ0) is 12.4. The van der Waals surface area contributed by atoms with Gasteiger partial charge in [-0.05, 0) is 25.7 Å². The molecule has 94 valence electrons.